The number of halogens is 2. The van der Waals surface area contributed by atoms with Crippen LogP contribution in [0.4, 0.5) is 10.1 Å². The van der Waals surface area contributed by atoms with E-state index in [-0.39, 0.29) is 17.6 Å². The van der Waals surface area contributed by atoms with E-state index in [2.05, 4.69) is 28.2 Å². The minimum absolute atomic E-state index is 0.0502. The number of hydrogen-bond acceptors (Lipinski definition) is 1. The molecule has 0 aliphatic heterocycles. The quantitative estimate of drug-likeness (QED) is 0.864. The highest BCUT2D eigenvalue weighted by atomic mass is 79.9. The van der Waals surface area contributed by atoms with Crippen LogP contribution in [-0.2, 0) is 4.79 Å². The van der Waals surface area contributed by atoms with Crippen molar-refractivity contribution in [1.29, 1.82) is 0 Å². The Balaban J connectivity index is 1.98. The van der Waals surface area contributed by atoms with Gasteiger partial charge in [0.1, 0.15) is 5.82 Å². The lowest BCUT2D eigenvalue weighted by Crippen LogP contribution is -2.26. The van der Waals surface area contributed by atoms with E-state index >= 15 is 0 Å². The molecule has 1 N–H and O–H groups in total. The third-order valence-electron chi connectivity index (χ3n) is 3.58. The number of amides is 1. The maximum atomic E-state index is 12.9. The zero-order valence-corrected chi connectivity index (χ0v) is 12.0. The molecule has 18 heavy (non-hydrogen) atoms. The monoisotopic (exact) mass is 313 g/mol. The zero-order chi connectivity index (χ0) is 13.1. The van der Waals surface area contributed by atoms with Crippen molar-refractivity contribution in [2.75, 3.05) is 5.32 Å². The molecule has 1 fully saturated rings. The summed E-state index contributed by atoms with van der Waals surface area (Å²) < 4.78 is 13.5. The van der Waals surface area contributed by atoms with Crippen molar-refractivity contribution in [3.05, 3.63) is 28.5 Å². The topological polar surface area (TPSA) is 29.1 Å². The summed E-state index contributed by atoms with van der Waals surface area (Å²) in [4.78, 5) is 12.1. The Morgan fingerprint density at radius 3 is 2.61 bits per heavy atom. The second-order valence-electron chi connectivity index (χ2n) is 5.07. The molecular weight excluding hydrogens is 297 g/mol. The van der Waals surface area contributed by atoms with E-state index in [0.29, 0.717) is 10.2 Å². The molecule has 1 aliphatic carbocycles. The third-order valence-corrected chi connectivity index (χ3v) is 4.23. The van der Waals surface area contributed by atoms with Gasteiger partial charge in [-0.2, -0.15) is 0 Å². The van der Waals surface area contributed by atoms with Crippen molar-refractivity contribution in [3.8, 4) is 0 Å². The average Bonchev–Trinajstić information content (AvgIpc) is 2.33. The molecule has 0 atom stereocenters. The van der Waals surface area contributed by atoms with Crippen LogP contribution in [0.15, 0.2) is 22.7 Å². The Hall–Kier alpha value is -0.900. The standard InChI is InChI=1S/C14H17BrFNO/c1-9-2-4-10(5-3-9)14(18)17-13-7-6-11(16)8-12(13)15/h6-10H,2-5H2,1H3,(H,17,18). The maximum absolute atomic E-state index is 12.9. The van der Waals surface area contributed by atoms with Gasteiger partial charge in [0.15, 0.2) is 0 Å². The molecule has 1 saturated carbocycles. The first kappa shape index (κ1) is 13.5. The minimum atomic E-state index is -0.314. The second-order valence-corrected chi connectivity index (χ2v) is 5.92. The number of carbonyl (C=O) groups excluding carboxylic acids is 1. The van der Waals surface area contributed by atoms with E-state index in [1.54, 1.807) is 6.07 Å². The molecule has 2 nitrogen and oxygen atoms in total. The predicted octanol–water partition coefficient (Wildman–Crippen LogP) is 4.35. The third kappa shape index (κ3) is 3.31. The fraction of sp³-hybridized carbons (Fsp3) is 0.500. The molecule has 1 aromatic rings. The summed E-state index contributed by atoms with van der Waals surface area (Å²) in [6.07, 6.45) is 4.13. The molecule has 0 bridgehead atoms. The van der Waals surface area contributed by atoms with Crippen molar-refractivity contribution in [2.45, 2.75) is 32.6 Å². The molecule has 98 valence electrons. The van der Waals surface area contributed by atoms with Crippen LogP contribution in [0.1, 0.15) is 32.6 Å². The van der Waals surface area contributed by atoms with Crippen LogP contribution < -0.4 is 5.32 Å². The fourth-order valence-electron chi connectivity index (χ4n) is 2.35. The maximum Gasteiger partial charge on any atom is 0.227 e. The van der Waals surface area contributed by atoms with E-state index in [1.807, 2.05) is 0 Å². The Labute approximate surface area is 115 Å². The van der Waals surface area contributed by atoms with Crippen molar-refractivity contribution in [3.63, 3.8) is 0 Å². The van der Waals surface area contributed by atoms with Crippen LogP contribution in [0.5, 0.6) is 0 Å². The van der Waals surface area contributed by atoms with Gasteiger partial charge in [-0.1, -0.05) is 6.92 Å². The van der Waals surface area contributed by atoms with E-state index < -0.39 is 0 Å². The summed E-state index contributed by atoms with van der Waals surface area (Å²) in [6.45, 7) is 2.23. The number of anilines is 1. The van der Waals surface area contributed by atoms with Gasteiger partial charge in [-0.3, -0.25) is 4.79 Å². The minimum Gasteiger partial charge on any atom is -0.325 e. The van der Waals surface area contributed by atoms with Crippen LogP contribution in [0.3, 0.4) is 0 Å². The largest absolute Gasteiger partial charge is 0.325 e. The van der Waals surface area contributed by atoms with Gasteiger partial charge in [0.05, 0.1) is 5.69 Å². The molecule has 1 amide bonds. The predicted molar refractivity (Wildman–Crippen MR) is 73.9 cm³/mol. The van der Waals surface area contributed by atoms with Crippen molar-refractivity contribution < 1.29 is 9.18 Å². The summed E-state index contributed by atoms with van der Waals surface area (Å²) >= 11 is 3.25. The lowest BCUT2D eigenvalue weighted by molar-refractivity contribution is -0.121. The first-order chi connectivity index (χ1) is 8.56. The molecular formula is C14H17BrFNO. The summed E-state index contributed by atoms with van der Waals surface area (Å²) in [6, 6.07) is 4.30. The normalized spacial score (nSPS) is 23.7. The molecule has 1 aromatic carbocycles. The number of rotatable bonds is 2. The highest BCUT2D eigenvalue weighted by Crippen LogP contribution is 2.30. The van der Waals surface area contributed by atoms with Crippen molar-refractivity contribution >= 4 is 27.5 Å². The van der Waals surface area contributed by atoms with Gasteiger partial charge in [0, 0.05) is 10.4 Å². The van der Waals surface area contributed by atoms with Crippen molar-refractivity contribution in [2.24, 2.45) is 11.8 Å². The molecule has 0 heterocycles. The van der Waals surface area contributed by atoms with Crippen LogP contribution in [-0.4, -0.2) is 5.91 Å². The SMILES string of the molecule is CC1CCC(C(=O)Nc2ccc(F)cc2Br)CC1. The zero-order valence-electron chi connectivity index (χ0n) is 10.4. The van der Waals surface area contributed by atoms with E-state index in [1.165, 1.54) is 12.1 Å². The first-order valence-corrected chi connectivity index (χ1v) is 7.11. The van der Waals surface area contributed by atoms with Gasteiger partial charge in [0.2, 0.25) is 5.91 Å². The van der Waals surface area contributed by atoms with Crippen LogP contribution >= 0.6 is 15.9 Å². The molecule has 0 unspecified atom stereocenters. The first-order valence-electron chi connectivity index (χ1n) is 6.32. The van der Waals surface area contributed by atoms with Crippen molar-refractivity contribution in [1.82, 2.24) is 0 Å². The van der Waals surface area contributed by atoms with Crippen LogP contribution in [0.25, 0.3) is 0 Å². The number of hydrogen-bond donors (Lipinski definition) is 1. The summed E-state index contributed by atoms with van der Waals surface area (Å²) in [7, 11) is 0. The van der Waals surface area contributed by atoms with Gasteiger partial charge in [-0.25, -0.2) is 4.39 Å². The van der Waals surface area contributed by atoms with Gasteiger partial charge >= 0.3 is 0 Å². The Morgan fingerprint density at radius 1 is 1.33 bits per heavy atom. The average molecular weight is 314 g/mol. The van der Waals surface area contributed by atoms with E-state index in [9.17, 15) is 9.18 Å². The molecule has 0 radical (unpaired) electrons. The summed E-state index contributed by atoms with van der Waals surface area (Å²) in [5.74, 6) is 0.560. The number of benzene rings is 1. The Morgan fingerprint density at radius 2 is 2.00 bits per heavy atom. The van der Waals surface area contributed by atoms with Gasteiger partial charge < -0.3 is 5.32 Å². The van der Waals surface area contributed by atoms with E-state index in [0.717, 1.165) is 31.6 Å². The molecule has 0 spiro atoms. The molecule has 1 aliphatic rings. The molecule has 0 aromatic heterocycles. The van der Waals surface area contributed by atoms with Crippen LogP contribution in [0.2, 0.25) is 0 Å². The highest BCUT2D eigenvalue weighted by Gasteiger charge is 2.24. The molecule has 4 heteroatoms. The fourth-order valence-corrected chi connectivity index (χ4v) is 2.80. The number of nitrogens with one attached hydrogen (secondary N) is 1. The second kappa shape index (κ2) is 5.83. The van der Waals surface area contributed by atoms with Gasteiger partial charge in [-0.05, 0) is 65.7 Å². The lowest BCUT2D eigenvalue weighted by atomic mass is 9.82. The highest BCUT2D eigenvalue weighted by molar-refractivity contribution is 9.10. The lowest BCUT2D eigenvalue weighted by Gasteiger charge is -2.25. The smallest absolute Gasteiger partial charge is 0.227 e. The number of carbonyl (C=O) groups is 1. The Kier molecular flexibility index (Phi) is 4.38. The van der Waals surface area contributed by atoms with Gasteiger partial charge in [0.25, 0.3) is 0 Å². The molecule has 2 rings (SSSR count). The van der Waals surface area contributed by atoms with Crippen LogP contribution in [0, 0.1) is 17.7 Å². The van der Waals surface area contributed by atoms with E-state index in [4.69, 9.17) is 0 Å². The summed E-state index contributed by atoms with van der Waals surface area (Å²) in [5.41, 5.74) is 0.639. The van der Waals surface area contributed by atoms with Gasteiger partial charge in [-0.15, -0.1) is 0 Å². The Bertz CT molecular complexity index is 441. The summed E-state index contributed by atoms with van der Waals surface area (Å²) in [5, 5.41) is 2.87. The molecule has 0 saturated heterocycles.